The first-order chi connectivity index (χ1) is 10.6. The monoisotopic (exact) mass is 311 g/mol. The molecule has 2 rings (SSSR count). The Morgan fingerprint density at radius 2 is 1.86 bits per heavy atom. The molecule has 5 nitrogen and oxygen atoms in total. The molecule has 0 bridgehead atoms. The van der Waals surface area contributed by atoms with E-state index < -0.39 is 0 Å². The van der Waals surface area contributed by atoms with Gasteiger partial charge in [-0.3, -0.25) is 4.79 Å². The van der Waals surface area contributed by atoms with Gasteiger partial charge >= 0.3 is 0 Å². The molecule has 0 aromatic heterocycles. The van der Waals surface area contributed by atoms with E-state index in [9.17, 15) is 4.79 Å². The smallest absolute Gasteiger partial charge is 0.239 e. The molecule has 0 aliphatic carbocycles. The summed E-state index contributed by atoms with van der Waals surface area (Å²) in [6.07, 6.45) is 5.81. The van der Waals surface area contributed by atoms with Crippen LogP contribution in [0.15, 0.2) is 0 Å². The summed E-state index contributed by atoms with van der Waals surface area (Å²) in [5.74, 6) is 0.367. The number of piperidine rings is 1. The summed E-state index contributed by atoms with van der Waals surface area (Å²) in [7, 11) is 0. The first-order valence-electron chi connectivity index (χ1n) is 9.00. The minimum atomic E-state index is -0.349. The van der Waals surface area contributed by atoms with Gasteiger partial charge in [0.15, 0.2) is 0 Å². The molecule has 2 unspecified atom stereocenters. The highest BCUT2D eigenvalue weighted by Crippen LogP contribution is 2.17. The lowest BCUT2D eigenvalue weighted by atomic mass is 9.97. The molecule has 5 heteroatoms. The minimum Gasteiger partial charge on any atom is -0.377 e. The van der Waals surface area contributed by atoms with Gasteiger partial charge < -0.3 is 20.3 Å². The molecule has 0 radical (unpaired) electrons. The van der Waals surface area contributed by atoms with Crippen LogP contribution in [0, 0.1) is 5.92 Å². The number of nitrogens with zero attached hydrogens (tertiary/aromatic N) is 2. The maximum atomic E-state index is 12.3. The number of amides is 1. The minimum absolute atomic E-state index is 0.116. The summed E-state index contributed by atoms with van der Waals surface area (Å²) in [6.45, 7) is 10.0. The standard InChI is InChI=1S/C17H33N3O2/c1-3-14(2)16(18)17(21)20-10-6-15(7-11-20)22-13-12-19-8-4-5-9-19/h14-16H,3-13,18H2,1-2H3. The lowest BCUT2D eigenvalue weighted by molar-refractivity contribution is -0.136. The fourth-order valence-electron chi connectivity index (χ4n) is 3.31. The lowest BCUT2D eigenvalue weighted by Gasteiger charge is -2.34. The quantitative estimate of drug-likeness (QED) is 0.773. The molecule has 22 heavy (non-hydrogen) atoms. The third kappa shape index (κ3) is 4.93. The van der Waals surface area contributed by atoms with E-state index in [1.165, 1.54) is 25.9 Å². The van der Waals surface area contributed by atoms with E-state index in [0.29, 0.717) is 6.10 Å². The van der Waals surface area contributed by atoms with E-state index in [1.54, 1.807) is 0 Å². The van der Waals surface area contributed by atoms with Gasteiger partial charge in [0, 0.05) is 19.6 Å². The Morgan fingerprint density at radius 3 is 2.45 bits per heavy atom. The van der Waals surface area contributed by atoms with E-state index in [4.69, 9.17) is 10.5 Å². The van der Waals surface area contributed by atoms with Crippen LogP contribution in [0.4, 0.5) is 0 Å². The summed E-state index contributed by atoms with van der Waals surface area (Å²) in [6, 6.07) is -0.349. The van der Waals surface area contributed by atoms with Crippen molar-refractivity contribution in [3.05, 3.63) is 0 Å². The number of carbonyl (C=O) groups excluding carboxylic acids is 1. The van der Waals surface area contributed by atoms with Crippen LogP contribution in [0.3, 0.4) is 0 Å². The Labute approximate surface area is 135 Å². The van der Waals surface area contributed by atoms with Crippen LogP contribution in [0.25, 0.3) is 0 Å². The molecular weight excluding hydrogens is 278 g/mol. The summed E-state index contributed by atoms with van der Waals surface area (Å²) in [5, 5.41) is 0. The number of rotatable bonds is 7. The van der Waals surface area contributed by atoms with Gasteiger partial charge in [0.2, 0.25) is 5.91 Å². The van der Waals surface area contributed by atoms with Crippen LogP contribution >= 0.6 is 0 Å². The van der Waals surface area contributed by atoms with E-state index in [1.807, 2.05) is 4.90 Å². The van der Waals surface area contributed by atoms with Gasteiger partial charge in [-0.05, 0) is 44.7 Å². The van der Waals surface area contributed by atoms with E-state index in [2.05, 4.69) is 18.7 Å². The number of hydrogen-bond donors (Lipinski definition) is 1. The average Bonchev–Trinajstić information content (AvgIpc) is 3.06. The Balaban J connectivity index is 1.63. The second-order valence-electron chi connectivity index (χ2n) is 6.86. The zero-order chi connectivity index (χ0) is 15.9. The van der Waals surface area contributed by atoms with Crippen molar-refractivity contribution in [1.82, 2.24) is 9.80 Å². The highest BCUT2D eigenvalue weighted by molar-refractivity contribution is 5.82. The molecule has 0 aromatic carbocycles. The summed E-state index contributed by atoms with van der Waals surface area (Å²) >= 11 is 0. The van der Waals surface area contributed by atoms with Gasteiger partial charge in [-0.1, -0.05) is 20.3 Å². The second-order valence-corrected chi connectivity index (χ2v) is 6.86. The zero-order valence-electron chi connectivity index (χ0n) is 14.3. The highest BCUT2D eigenvalue weighted by atomic mass is 16.5. The third-order valence-corrected chi connectivity index (χ3v) is 5.26. The van der Waals surface area contributed by atoms with Gasteiger partial charge in [-0.25, -0.2) is 0 Å². The molecule has 2 fully saturated rings. The molecule has 2 saturated heterocycles. The number of nitrogens with two attached hydrogens (primary N) is 1. The van der Waals surface area contributed by atoms with Gasteiger partial charge in [-0.15, -0.1) is 0 Å². The topological polar surface area (TPSA) is 58.8 Å². The van der Waals surface area contributed by atoms with Crippen molar-refractivity contribution in [2.45, 2.75) is 58.1 Å². The molecule has 1 amide bonds. The molecule has 0 spiro atoms. The van der Waals surface area contributed by atoms with Crippen molar-refractivity contribution in [3.63, 3.8) is 0 Å². The molecule has 0 saturated carbocycles. The Bertz CT molecular complexity index is 337. The van der Waals surface area contributed by atoms with Crippen LogP contribution in [-0.4, -0.2) is 67.2 Å². The summed E-state index contributed by atoms with van der Waals surface area (Å²) < 4.78 is 5.99. The fraction of sp³-hybridized carbons (Fsp3) is 0.941. The van der Waals surface area contributed by atoms with E-state index >= 15 is 0 Å². The summed E-state index contributed by atoms with van der Waals surface area (Å²) in [4.78, 5) is 16.8. The number of ether oxygens (including phenoxy) is 1. The maximum Gasteiger partial charge on any atom is 0.239 e. The Kier molecular flexibility index (Phi) is 7.12. The van der Waals surface area contributed by atoms with Crippen molar-refractivity contribution in [3.8, 4) is 0 Å². The van der Waals surface area contributed by atoms with Crippen molar-refractivity contribution in [2.24, 2.45) is 11.7 Å². The average molecular weight is 311 g/mol. The molecular formula is C17H33N3O2. The largest absolute Gasteiger partial charge is 0.377 e. The van der Waals surface area contributed by atoms with Crippen LogP contribution < -0.4 is 5.73 Å². The van der Waals surface area contributed by atoms with Gasteiger partial charge in [-0.2, -0.15) is 0 Å². The predicted molar refractivity (Wildman–Crippen MR) is 88.7 cm³/mol. The summed E-state index contributed by atoms with van der Waals surface area (Å²) in [5.41, 5.74) is 6.06. The Hall–Kier alpha value is -0.650. The van der Waals surface area contributed by atoms with Crippen molar-refractivity contribution in [2.75, 3.05) is 39.3 Å². The Morgan fingerprint density at radius 1 is 1.23 bits per heavy atom. The first-order valence-corrected chi connectivity index (χ1v) is 9.00. The van der Waals surface area contributed by atoms with Crippen LogP contribution in [0.2, 0.25) is 0 Å². The predicted octanol–water partition coefficient (Wildman–Crippen LogP) is 1.46. The first kappa shape index (κ1) is 17.7. The van der Waals surface area contributed by atoms with Crippen LogP contribution in [0.5, 0.6) is 0 Å². The van der Waals surface area contributed by atoms with Crippen molar-refractivity contribution >= 4 is 5.91 Å². The van der Waals surface area contributed by atoms with Gasteiger partial charge in [0.05, 0.1) is 18.8 Å². The van der Waals surface area contributed by atoms with Crippen molar-refractivity contribution < 1.29 is 9.53 Å². The lowest BCUT2D eigenvalue weighted by Crippen LogP contribution is -2.50. The van der Waals surface area contributed by atoms with E-state index in [0.717, 1.165) is 45.5 Å². The second kappa shape index (κ2) is 8.85. The maximum absolute atomic E-state index is 12.3. The van der Waals surface area contributed by atoms with Crippen molar-refractivity contribution in [1.29, 1.82) is 0 Å². The molecule has 2 heterocycles. The van der Waals surface area contributed by atoms with Crippen LogP contribution in [0.1, 0.15) is 46.0 Å². The number of carbonyl (C=O) groups is 1. The molecule has 0 aromatic rings. The fourth-order valence-corrected chi connectivity index (χ4v) is 3.31. The third-order valence-electron chi connectivity index (χ3n) is 5.26. The van der Waals surface area contributed by atoms with E-state index in [-0.39, 0.29) is 17.9 Å². The highest BCUT2D eigenvalue weighted by Gasteiger charge is 2.28. The normalized spacial score (nSPS) is 23.7. The molecule has 2 atom stereocenters. The SMILES string of the molecule is CCC(C)C(N)C(=O)N1CCC(OCCN2CCCC2)CC1. The molecule has 2 aliphatic heterocycles. The zero-order valence-corrected chi connectivity index (χ0v) is 14.3. The number of likely N-dealkylation sites (tertiary alicyclic amines) is 2. The van der Waals surface area contributed by atoms with Crippen LogP contribution in [-0.2, 0) is 9.53 Å². The molecule has 128 valence electrons. The number of hydrogen-bond acceptors (Lipinski definition) is 4. The van der Waals surface area contributed by atoms with Gasteiger partial charge in [0.1, 0.15) is 0 Å². The molecule has 2 N–H and O–H groups in total. The van der Waals surface area contributed by atoms with Gasteiger partial charge in [0.25, 0.3) is 0 Å². The molecule has 2 aliphatic rings.